The van der Waals surface area contributed by atoms with Gasteiger partial charge in [0.1, 0.15) is 11.5 Å². The molecule has 162 valence electrons. The first-order chi connectivity index (χ1) is 15.1. The lowest BCUT2D eigenvalue weighted by atomic mass is 9.90. The molecule has 0 radical (unpaired) electrons. The van der Waals surface area contributed by atoms with Gasteiger partial charge >= 0.3 is 0 Å². The number of hydrogen-bond acceptors (Lipinski definition) is 2. The van der Waals surface area contributed by atoms with Crippen LogP contribution in [0.15, 0.2) is 78.9 Å². The second-order valence-electron chi connectivity index (χ2n) is 8.43. The third-order valence-electron chi connectivity index (χ3n) is 5.36. The Balaban J connectivity index is 1.77. The number of nitrogens with one attached hydrogen (secondary N) is 1. The van der Waals surface area contributed by atoms with Gasteiger partial charge in [-0.2, -0.15) is 0 Å². The van der Waals surface area contributed by atoms with Gasteiger partial charge in [0.25, 0.3) is 5.91 Å². The van der Waals surface area contributed by atoms with Crippen LogP contribution in [0.4, 0.5) is 0 Å². The number of amides is 1. The van der Waals surface area contributed by atoms with Crippen LogP contribution < -0.4 is 10.1 Å². The number of carbonyl (C=O) groups excluding carboxylic acids is 1. The molecule has 0 saturated heterocycles. The number of benzene rings is 3. The second kappa shape index (κ2) is 11.4. The van der Waals surface area contributed by atoms with E-state index in [1.54, 1.807) is 0 Å². The summed E-state index contributed by atoms with van der Waals surface area (Å²) in [4.78, 5) is 13.2. The molecule has 1 N–H and O–H groups in total. The molecule has 0 spiro atoms. The van der Waals surface area contributed by atoms with Crippen LogP contribution in [0.2, 0.25) is 0 Å². The summed E-state index contributed by atoms with van der Waals surface area (Å²) in [6.07, 6.45) is 2.88. The lowest BCUT2D eigenvalue weighted by Gasteiger charge is -2.21. The van der Waals surface area contributed by atoms with Crippen LogP contribution in [0.25, 0.3) is 0 Å². The van der Waals surface area contributed by atoms with Gasteiger partial charge in [0.2, 0.25) is 0 Å². The van der Waals surface area contributed by atoms with Crippen molar-refractivity contribution in [3.8, 4) is 11.5 Å². The maximum atomic E-state index is 13.2. The number of ether oxygens (including phenoxy) is 1. The molecule has 1 amide bonds. The van der Waals surface area contributed by atoms with Crippen molar-refractivity contribution in [1.82, 2.24) is 5.32 Å². The number of aryl methyl sites for hydroxylation is 1. The summed E-state index contributed by atoms with van der Waals surface area (Å²) >= 11 is 0. The number of carbonyl (C=O) groups is 1. The first kappa shape index (κ1) is 22.6. The fourth-order valence-corrected chi connectivity index (χ4v) is 3.89. The van der Waals surface area contributed by atoms with E-state index in [1.807, 2.05) is 54.6 Å². The molecular formula is C28H33NO2. The van der Waals surface area contributed by atoms with E-state index in [0.29, 0.717) is 29.7 Å². The van der Waals surface area contributed by atoms with Gasteiger partial charge in [-0.15, -0.1) is 0 Å². The molecule has 3 rings (SSSR count). The Bertz CT molecular complexity index is 951. The normalized spacial score (nSPS) is 11.9. The van der Waals surface area contributed by atoms with Gasteiger partial charge in [-0.1, -0.05) is 81.8 Å². The average molecular weight is 416 g/mol. The summed E-state index contributed by atoms with van der Waals surface area (Å²) in [5.74, 6) is 2.26. The lowest BCUT2D eigenvalue weighted by Crippen LogP contribution is -2.29. The largest absolute Gasteiger partial charge is 0.457 e. The topological polar surface area (TPSA) is 38.3 Å². The Morgan fingerprint density at radius 1 is 0.903 bits per heavy atom. The molecule has 3 aromatic carbocycles. The van der Waals surface area contributed by atoms with E-state index in [9.17, 15) is 4.79 Å². The van der Waals surface area contributed by atoms with Crippen LogP contribution in [0.5, 0.6) is 11.5 Å². The van der Waals surface area contributed by atoms with E-state index in [0.717, 1.165) is 30.6 Å². The van der Waals surface area contributed by atoms with Crippen LogP contribution in [0.3, 0.4) is 0 Å². The fraction of sp³-hybridized carbons (Fsp3) is 0.321. The minimum Gasteiger partial charge on any atom is -0.457 e. The quantitative estimate of drug-likeness (QED) is 0.387. The molecule has 3 nitrogen and oxygen atoms in total. The van der Waals surface area contributed by atoms with Crippen LogP contribution in [-0.2, 0) is 6.42 Å². The highest BCUT2D eigenvalue weighted by Crippen LogP contribution is 2.26. The molecule has 0 heterocycles. The maximum Gasteiger partial charge on any atom is 0.251 e. The number of rotatable bonds is 10. The summed E-state index contributed by atoms with van der Waals surface area (Å²) in [5, 5.41) is 3.20. The van der Waals surface area contributed by atoms with E-state index in [1.165, 1.54) is 5.56 Å². The smallest absolute Gasteiger partial charge is 0.251 e. The van der Waals surface area contributed by atoms with Gasteiger partial charge in [-0.05, 0) is 54.2 Å². The number of para-hydroxylation sites is 1. The Morgan fingerprint density at radius 2 is 1.58 bits per heavy atom. The molecule has 3 aromatic rings. The number of hydrogen-bond donors (Lipinski definition) is 1. The monoisotopic (exact) mass is 415 g/mol. The Labute approximate surface area is 186 Å². The zero-order valence-corrected chi connectivity index (χ0v) is 18.8. The summed E-state index contributed by atoms with van der Waals surface area (Å²) in [7, 11) is 0. The Kier molecular flexibility index (Phi) is 8.28. The zero-order chi connectivity index (χ0) is 22.1. The van der Waals surface area contributed by atoms with Crippen LogP contribution in [-0.4, -0.2) is 12.5 Å². The van der Waals surface area contributed by atoms with Gasteiger partial charge in [-0.3, -0.25) is 4.79 Å². The molecule has 0 aromatic heterocycles. The second-order valence-corrected chi connectivity index (χ2v) is 8.43. The van der Waals surface area contributed by atoms with Crippen molar-refractivity contribution >= 4 is 5.91 Å². The van der Waals surface area contributed by atoms with Crippen LogP contribution in [0.1, 0.15) is 61.0 Å². The van der Waals surface area contributed by atoms with E-state index in [2.05, 4.69) is 50.4 Å². The standard InChI is InChI=1S/C28H33NO2/c1-4-11-23-16-17-26(31-25-14-9-6-10-15-25)19-27(23)28(30)29-20-24(18-21(2)3)22-12-7-5-8-13-22/h5-10,12-17,19,21,24H,4,11,18,20H2,1-3H3,(H,29,30). The summed E-state index contributed by atoms with van der Waals surface area (Å²) in [6, 6.07) is 25.9. The molecule has 0 saturated carbocycles. The van der Waals surface area contributed by atoms with Crippen molar-refractivity contribution in [1.29, 1.82) is 0 Å². The van der Waals surface area contributed by atoms with E-state index in [4.69, 9.17) is 4.74 Å². The molecule has 31 heavy (non-hydrogen) atoms. The Hall–Kier alpha value is -3.07. The van der Waals surface area contributed by atoms with Crippen LogP contribution in [0, 0.1) is 5.92 Å². The Morgan fingerprint density at radius 3 is 2.23 bits per heavy atom. The lowest BCUT2D eigenvalue weighted by molar-refractivity contribution is 0.0948. The predicted octanol–water partition coefficient (Wildman–Crippen LogP) is 6.99. The van der Waals surface area contributed by atoms with Gasteiger partial charge < -0.3 is 10.1 Å². The summed E-state index contributed by atoms with van der Waals surface area (Å²) in [5.41, 5.74) is 3.03. The highest BCUT2D eigenvalue weighted by atomic mass is 16.5. The predicted molar refractivity (Wildman–Crippen MR) is 128 cm³/mol. The van der Waals surface area contributed by atoms with Crippen molar-refractivity contribution in [3.63, 3.8) is 0 Å². The minimum atomic E-state index is -0.0355. The van der Waals surface area contributed by atoms with Crippen molar-refractivity contribution in [2.45, 2.75) is 46.0 Å². The first-order valence-corrected chi connectivity index (χ1v) is 11.3. The van der Waals surface area contributed by atoms with Crippen LogP contribution >= 0.6 is 0 Å². The third kappa shape index (κ3) is 6.71. The molecule has 0 aliphatic heterocycles. The summed E-state index contributed by atoms with van der Waals surface area (Å²) in [6.45, 7) is 7.20. The average Bonchev–Trinajstić information content (AvgIpc) is 2.78. The molecule has 0 fully saturated rings. The van der Waals surface area contributed by atoms with Crippen molar-refractivity contribution in [2.75, 3.05) is 6.54 Å². The SMILES string of the molecule is CCCc1ccc(Oc2ccccc2)cc1C(=O)NCC(CC(C)C)c1ccccc1. The third-order valence-corrected chi connectivity index (χ3v) is 5.36. The van der Waals surface area contributed by atoms with Gasteiger partial charge in [-0.25, -0.2) is 0 Å². The van der Waals surface area contributed by atoms with Gasteiger partial charge in [0.05, 0.1) is 0 Å². The van der Waals surface area contributed by atoms with Crippen molar-refractivity contribution in [3.05, 3.63) is 95.6 Å². The van der Waals surface area contributed by atoms with Crippen molar-refractivity contribution in [2.24, 2.45) is 5.92 Å². The first-order valence-electron chi connectivity index (χ1n) is 11.3. The van der Waals surface area contributed by atoms with Gasteiger partial charge in [0.15, 0.2) is 0 Å². The molecule has 0 aliphatic rings. The highest BCUT2D eigenvalue weighted by molar-refractivity contribution is 5.96. The molecular weight excluding hydrogens is 382 g/mol. The van der Waals surface area contributed by atoms with E-state index >= 15 is 0 Å². The molecule has 0 bridgehead atoms. The fourth-order valence-electron chi connectivity index (χ4n) is 3.89. The molecule has 3 heteroatoms. The maximum absolute atomic E-state index is 13.2. The van der Waals surface area contributed by atoms with Gasteiger partial charge in [0, 0.05) is 18.0 Å². The van der Waals surface area contributed by atoms with E-state index < -0.39 is 0 Å². The van der Waals surface area contributed by atoms with Crippen molar-refractivity contribution < 1.29 is 9.53 Å². The molecule has 1 atom stereocenters. The highest BCUT2D eigenvalue weighted by Gasteiger charge is 2.17. The summed E-state index contributed by atoms with van der Waals surface area (Å²) < 4.78 is 5.97. The minimum absolute atomic E-state index is 0.0355. The van der Waals surface area contributed by atoms with E-state index in [-0.39, 0.29) is 5.91 Å². The zero-order valence-electron chi connectivity index (χ0n) is 18.8. The molecule has 1 unspecified atom stereocenters. The molecule has 0 aliphatic carbocycles.